The number of benzene rings is 1. The van der Waals surface area contributed by atoms with E-state index in [2.05, 4.69) is 51.4 Å². The molecule has 24 heavy (non-hydrogen) atoms. The van der Waals surface area contributed by atoms with Crippen LogP contribution in [0.3, 0.4) is 0 Å². The second kappa shape index (κ2) is 7.81. The van der Waals surface area contributed by atoms with E-state index in [0.29, 0.717) is 6.04 Å². The number of nitrogens with two attached hydrogens (primary N) is 1. The summed E-state index contributed by atoms with van der Waals surface area (Å²) in [6.45, 7) is 2.07. The molecule has 0 saturated heterocycles. The molecule has 7 heteroatoms. The van der Waals surface area contributed by atoms with Crippen molar-refractivity contribution in [2.24, 2.45) is 5.84 Å². The quantitative estimate of drug-likeness (QED) is 0.377. The maximum absolute atomic E-state index is 11.5. The van der Waals surface area contributed by atoms with Crippen molar-refractivity contribution < 1.29 is 4.79 Å². The van der Waals surface area contributed by atoms with Gasteiger partial charge in [0, 0.05) is 11.6 Å². The van der Waals surface area contributed by atoms with E-state index >= 15 is 0 Å². The molecular weight excluding hydrogens is 322 g/mol. The van der Waals surface area contributed by atoms with E-state index in [1.54, 1.807) is 0 Å². The average molecular weight is 345 g/mol. The second-order valence-corrected chi connectivity index (χ2v) is 7.13. The molecule has 0 bridgehead atoms. The zero-order valence-electron chi connectivity index (χ0n) is 13.9. The van der Waals surface area contributed by atoms with Crippen molar-refractivity contribution in [2.75, 3.05) is 5.75 Å². The Morgan fingerprint density at radius 1 is 1.25 bits per heavy atom. The highest BCUT2D eigenvalue weighted by Crippen LogP contribution is 2.35. The number of hydrazine groups is 1. The maximum Gasteiger partial charge on any atom is 0.244 e. The average Bonchev–Trinajstić information content (AvgIpc) is 3.05. The third-order valence-electron chi connectivity index (χ3n) is 4.41. The number of nitrogens with one attached hydrogen (secondary N) is 1. The Kier molecular flexibility index (Phi) is 5.52. The minimum Gasteiger partial charge on any atom is -0.299 e. The first-order chi connectivity index (χ1) is 11.7. The molecule has 128 valence electrons. The molecule has 1 fully saturated rings. The molecule has 2 aromatic rings. The van der Waals surface area contributed by atoms with Gasteiger partial charge in [-0.2, -0.15) is 0 Å². The molecule has 1 aromatic carbocycles. The fraction of sp³-hybridized carbons (Fsp3) is 0.471. The number of rotatable bonds is 5. The lowest BCUT2D eigenvalue weighted by atomic mass is 9.95. The third-order valence-corrected chi connectivity index (χ3v) is 5.35. The first kappa shape index (κ1) is 17.0. The predicted molar refractivity (Wildman–Crippen MR) is 95.4 cm³/mol. The number of aryl methyl sites for hydroxylation is 1. The lowest BCUT2D eigenvalue weighted by molar-refractivity contribution is -0.118. The fourth-order valence-corrected chi connectivity index (χ4v) is 3.93. The van der Waals surface area contributed by atoms with Crippen LogP contribution in [0.1, 0.15) is 43.7 Å². The lowest BCUT2D eigenvalue weighted by Gasteiger charge is -2.25. The van der Waals surface area contributed by atoms with Gasteiger partial charge < -0.3 is 0 Å². The molecular formula is C17H23N5OS. The molecule has 1 heterocycles. The minimum atomic E-state index is -0.213. The molecule has 3 rings (SSSR count). The first-order valence-electron chi connectivity index (χ1n) is 8.33. The van der Waals surface area contributed by atoms with Crippen molar-refractivity contribution >= 4 is 17.7 Å². The highest BCUT2D eigenvalue weighted by molar-refractivity contribution is 7.99. The number of hydrogen-bond donors (Lipinski definition) is 2. The van der Waals surface area contributed by atoms with E-state index in [-0.39, 0.29) is 11.7 Å². The maximum atomic E-state index is 11.5. The van der Waals surface area contributed by atoms with Crippen LogP contribution in [-0.4, -0.2) is 26.4 Å². The molecule has 0 radical (unpaired) electrons. The van der Waals surface area contributed by atoms with Crippen LogP contribution in [0, 0.1) is 6.92 Å². The summed E-state index contributed by atoms with van der Waals surface area (Å²) in [4.78, 5) is 11.5. The summed E-state index contributed by atoms with van der Waals surface area (Å²) in [5, 5.41) is 9.57. The Bertz CT molecular complexity index is 692. The molecule has 1 aliphatic rings. The van der Waals surface area contributed by atoms with Gasteiger partial charge in [-0.05, 0) is 19.8 Å². The topological polar surface area (TPSA) is 85.8 Å². The van der Waals surface area contributed by atoms with Crippen LogP contribution in [0.2, 0.25) is 0 Å². The van der Waals surface area contributed by atoms with E-state index in [1.165, 1.54) is 36.6 Å². The molecule has 1 aromatic heterocycles. The zero-order chi connectivity index (χ0) is 16.9. The van der Waals surface area contributed by atoms with E-state index in [9.17, 15) is 4.79 Å². The van der Waals surface area contributed by atoms with Crippen LogP contribution in [0.5, 0.6) is 0 Å². The van der Waals surface area contributed by atoms with E-state index in [1.807, 2.05) is 0 Å². The van der Waals surface area contributed by atoms with Crippen molar-refractivity contribution in [3.8, 4) is 11.4 Å². The minimum absolute atomic E-state index is 0.213. The molecule has 0 atom stereocenters. The number of thioether (sulfide) groups is 1. The largest absolute Gasteiger partial charge is 0.299 e. The van der Waals surface area contributed by atoms with Crippen LogP contribution in [-0.2, 0) is 4.79 Å². The smallest absolute Gasteiger partial charge is 0.244 e. The molecule has 1 aliphatic carbocycles. The zero-order valence-corrected chi connectivity index (χ0v) is 14.7. The predicted octanol–water partition coefficient (Wildman–Crippen LogP) is 2.84. The molecule has 0 aliphatic heterocycles. The first-order valence-corrected chi connectivity index (χ1v) is 9.32. The van der Waals surface area contributed by atoms with Crippen LogP contribution in [0.25, 0.3) is 11.4 Å². The molecule has 1 amide bonds. The van der Waals surface area contributed by atoms with Crippen LogP contribution in [0.4, 0.5) is 0 Å². The summed E-state index contributed by atoms with van der Waals surface area (Å²) >= 11 is 1.39. The van der Waals surface area contributed by atoms with Gasteiger partial charge >= 0.3 is 0 Å². The fourth-order valence-electron chi connectivity index (χ4n) is 3.12. The molecule has 6 nitrogen and oxygen atoms in total. The summed E-state index contributed by atoms with van der Waals surface area (Å²) in [6, 6.07) is 8.74. The molecule has 1 saturated carbocycles. The van der Waals surface area contributed by atoms with E-state index in [0.717, 1.165) is 29.4 Å². The number of amides is 1. The van der Waals surface area contributed by atoms with Gasteiger partial charge in [0.15, 0.2) is 11.0 Å². The Labute approximate surface area is 146 Å². The number of aromatic nitrogens is 3. The van der Waals surface area contributed by atoms with Crippen LogP contribution < -0.4 is 11.3 Å². The van der Waals surface area contributed by atoms with Gasteiger partial charge in [-0.3, -0.25) is 14.8 Å². The SMILES string of the molecule is Cc1ccc(-c2nnc(SCC(=O)NN)n2C2CCCCC2)cc1. The van der Waals surface area contributed by atoms with Crippen LogP contribution >= 0.6 is 11.8 Å². The van der Waals surface area contributed by atoms with Crippen molar-refractivity contribution in [1.82, 2.24) is 20.2 Å². The highest BCUT2D eigenvalue weighted by atomic mass is 32.2. The van der Waals surface area contributed by atoms with Gasteiger partial charge in [-0.1, -0.05) is 60.9 Å². The third kappa shape index (κ3) is 3.79. The van der Waals surface area contributed by atoms with E-state index < -0.39 is 0 Å². The molecule has 0 spiro atoms. The van der Waals surface area contributed by atoms with Crippen molar-refractivity contribution in [3.05, 3.63) is 29.8 Å². The number of carbonyl (C=O) groups excluding carboxylic acids is 1. The molecule has 0 unspecified atom stereocenters. The Morgan fingerprint density at radius 3 is 2.62 bits per heavy atom. The Hall–Kier alpha value is -1.86. The Balaban J connectivity index is 1.93. The van der Waals surface area contributed by atoms with E-state index in [4.69, 9.17) is 5.84 Å². The van der Waals surface area contributed by atoms with Gasteiger partial charge in [-0.15, -0.1) is 10.2 Å². The van der Waals surface area contributed by atoms with Gasteiger partial charge in [0.25, 0.3) is 0 Å². The summed E-state index contributed by atoms with van der Waals surface area (Å²) < 4.78 is 2.22. The highest BCUT2D eigenvalue weighted by Gasteiger charge is 2.24. The number of carbonyl (C=O) groups is 1. The van der Waals surface area contributed by atoms with Gasteiger partial charge in [-0.25, -0.2) is 5.84 Å². The summed E-state index contributed by atoms with van der Waals surface area (Å²) in [5.41, 5.74) is 4.44. The standard InChI is InChI=1S/C17H23N5OS/c1-12-7-9-13(10-8-12)16-20-21-17(24-11-15(23)19-18)22(16)14-5-3-2-4-6-14/h7-10,14H,2-6,11,18H2,1H3,(H,19,23). The monoisotopic (exact) mass is 345 g/mol. The van der Waals surface area contributed by atoms with Gasteiger partial charge in [0.05, 0.1) is 5.75 Å². The Morgan fingerprint density at radius 2 is 1.96 bits per heavy atom. The summed E-state index contributed by atoms with van der Waals surface area (Å²) in [5.74, 6) is 6.09. The van der Waals surface area contributed by atoms with Crippen molar-refractivity contribution in [2.45, 2.75) is 50.2 Å². The van der Waals surface area contributed by atoms with Crippen molar-refractivity contribution in [3.63, 3.8) is 0 Å². The van der Waals surface area contributed by atoms with Crippen molar-refractivity contribution in [1.29, 1.82) is 0 Å². The number of hydrogen-bond acceptors (Lipinski definition) is 5. The molecule has 3 N–H and O–H groups in total. The normalized spacial score (nSPS) is 15.4. The summed E-state index contributed by atoms with van der Waals surface area (Å²) in [7, 11) is 0. The lowest BCUT2D eigenvalue weighted by Crippen LogP contribution is -2.31. The van der Waals surface area contributed by atoms with Gasteiger partial charge in [0.2, 0.25) is 5.91 Å². The second-order valence-electron chi connectivity index (χ2n) is 6.19. The summed E-state index contributed by atoms with van der Waals surface area (Å²) in [6.07, 6.45) is 6.00. The number of nitrogens with zero attached hydrogens (tertiary/aromatic N) is 3. The van der Waals surface area contributed by atoms with Crippen LogP contribution in [0.15, 0.2) is 29.4 Å². The van der Waals surface area contributed by atoms with Gasteiger partial charge in [0.1, 0.15) is 0 Å².